The Morgan fingerprint density at radius 2 is 1.83 bits per heavy atom. The van der Waals surface area contributed by atoms with E-state index in [-0.39, 0.29) is 0 Å². The van der Waals surface area contributed by atoms with Crippen molar-refractivity contribution in [2.45, 2.75) is 51.2 Å². The number of methoxy groups -OCH3 is 1. The van der Waals surface area contributed by atoms with Gasteiger partial charge in [0.2, 0.25) is 6.10 Å². The van der Waals surface area contributed by atoms with Crippen LogP contribution in [0.4, 0.5) is 10.5 Å². The van der Waals surface area contributed by atoms with Crippen LogP contribution in [-0.4, -0.2) is 47.9 Å². The number of hydrogen-bond acceptors (Lipinski definition) is 6. The van der Waals surface area contributed by atoms with E-state index in [0.29, 0.717) is 35.8 Å². The number of amides is 4. The number of anilines is 1. The Hall–Kier alpha value is -3.88. The fraction of sp³-hybridized carbons (Fsp3) is 0.407. The van der Waals surface area contributed by atoms with E-state index in [1.807, 2.05) is 13.0 Å². The van der Waals surface area contributed by atoms with Crippen molar-refractivity contribution in [2.75, 3.05) is 19.0 Å². The Balaban J connectivity index is 1.50. The molecule has 9 heteroatoms. The second kappa shape index (κ2) is 10.4. The van der Waals surface area contributed by atoms with Crippen molar-refractivity contribution in [3.8, 4) is 5.75 Å². The summed E-state index contributed by atoms with van der Waals surface area (Å²) in [4.78, 5) is 52.8. The predicted molar refractivity (Wildman–Crippen MR) is 132 cm³/mol. The minimum atomic E-state index is -1.30. The molecule has 2 aromatic carbocycles. The van der Waals surface area contributed by atoms with E-state index in [0.717, 1.165) is 23.3 Å². The van der Waals surface area contributed by atoms with Crippen molar-refractivity contribution < 1.29 is 28.7 Å². The summed E-state index contributed by atoms with van der Waals surface area (Å²) in [6.07, 6.45) is 1.43. The molecule has 1 spiro atoms. The molecule has 0 bridgehead atoms. The Kier molecular flexibility index (Phi) is 7.28. The Bertz CT molecular complexity index is 1160. The third-order valence-corrected chi connectivity index (χ3v) is 6.86. The molecule has 36 heavy (non-hydrogen) atoms. The molecule has 2 aromatic rings. The highest BCUT2D eigenvalue weighted by Crippen LogP contribution is 2.36. The van der Waals surface area contributed by atoms with Gasteiger partial charge in [-0.3, -0.25) is 19.3 Å². The lowest BCUT2D eigenvalue weighted by atomic mass is 9.77. The van der Waals surface area contributed by atoms with Crippen LogP contribution in [0.5, 0.6) is 5.75 Å². The molecule has 1 aliphatic carbocycles. The number of nitrogens with one attached hydrogen (secondary N) is 2. The van der Waals surface area contributed by atoms with Crippen molar-refractivity contribution in [3.05, 3.63) is 59.7 Å². The number of aryl methyl sites for hydroxylation is 1. The molecule has 2 aliphatic rings. The highest BCUT2D eigenvalue weighted by molar-refractivity contribution is 6.09. The van der Waals surface area contributed by atoms with Crippen LogP contribution in [0, 0.1) is 12.8 Å². The quantitative estimate of drug-likeness (QED) is 0.449. The standard InChI is InChI=1S/C27H31N3O6/c1-17-11-13-27(14-12-17)25(33)30(26(34)29-27)16-22(31)36-23(19-7-5-4-6-8-19)24(32)28-20-15-18(2)9-10-21(20)35-3/h4-10,15,17,23H,11-14,16H2,1-3H3,(H,28,32)(H,29,34). The molecule has 4 rings (SSSR count). The fourth-order valence-electron chi connectivity index (χ4n) is 4.73. The van der Waals surface area contributed by atoms with E-state index < -0.39 is 42.0 Å². The van der Waals surface area contributed by atoms with E-state index >= 15 is 0 Å². The number of carbonyl (C=O) groups is 4. The second-order valence-electron chi connectivity index (χ2n) is 9.56. The van der Waals surface area contributed by atoms with Crippen molar-refractivity contribution in [2.24, 2.45) is 5.92 Å². The zero-order valence-corrected chi connectivity index (χ0v) is 20.7. The summed E-state index contributed by atoms with van der Waals surface area (Å²) in [6, 6.07) is 13.3. The third-order valence-electron chi connectivity index (χ3n) is 6.86. The average Bonchev–Trinajstić information content (AvgIpc) is 3.09. The molecule has 190 valence electrons. The molecule has 1 aliphatic heterocycles. The lowest BCUT2D eigenvalue weighted by Gasteiger charge is -2.33. The van der Waals surface area contributed by atoms with E-state index in [4.69, 9.17) is 9.47 Å². The maximum atomic E-state index is 13.3. The van der Waals surface area contributed by atoms with Crippen LogP contribution in [-0.2, 0) is 19.1 Å². The molecule has 4 amide bonds. The van der Waals surface area contributed by atoms with Gasteiger partial charge in [-0.1, -0.05) is 43.3 Å². The number of hydrogen-bond donors (Lipinski definition) is 2. The zero-order chi connectivity index (χ0) is 25.9. The van der Waals surface area contributed by atoms with Gasteiger partial charge in [0.25, 0.3) is 11.8 Å². The van der Waals surface area contributed by atoms with E-state index in [1.54, 1.807) is 42.5 Å². The molecule has 1 saturated heterocycles. The van der Waals surface area contributed by atoms with Crippen LogP contribution in [0.1, 0.15) is 49.8 Å². The molecule has 2 fully saturated rings. The summed E-state index contributed by atoms with van der Waals surface area (Å²) in [5.41, 5.74) is 0.831. The average molecular weight is 494 g/mol. The second-order valence-corrected chi connectivity index (χ2v) is 9.56. The molecular formula is C27H31N3O6. The molecule has 1 unspecified atom stereocenters. The van der Waals surface area contributed by atoms with Crippen LogP contribution in [0.25, 0.3) is 0 Å². The first-order valence-electron chi connectivity index (χ1n) is 12.1. The first-order chi connectivity index (χ1) is 17.2. The van der Waals surface area contributed by atoms with Crippen LogP contribution < -0.4 is 15.4 Å². The van der Waals surface area contributed by atoms with Gasteiger partial charge in [-0.15, -0.1) is 0 Å². The van der Waals surface area contributed by atoms with Gasteiger partial charge in [-0.2, -0.15) is 0 Å². The van der Waals surface area contributed by atoms with Gasteiger partial charge >= 0.3 is 12.0 Å². The van der Waals surface area contributed by atoms with Crippen LogP contribution in [0.15, 0.2) is 48.5 Å². The Labute approximate surface area is 210 Å². The number of ether oxygens (including phenoxy) is 2. The van der Waals surface area contributed by atoms with Gasteiger partial charge in [0.1, 0.15) is 17.8 Å². The predicted octanol–water partition coefficient (Wildman–Crippen LogP) is 3.73. The number of nitrogens with zero attached hydrogens (tertiary/aromatic N) is 1. The van der Waals surface area contributed by atoms with Crippen molar-refractivity contribution in [1.29, 1.82) is 0 Å². The fourth-order valence-corrected chi connectivity index (χ4v) is 4.73. The smallest absolute Gasteiger partial charge is 0.327 e. The van der Waals surface area contributed by atoms with Gasteiger partial charge in [-0.05, 0) is 56.2 Å². The maximum absolute atomic E-state index is 13.3. The Morgan fingerprint density at radius 1 is 1.14 bits per heavy atom. The summed E-state index contributed by atoms with van der Waals surface area (Å²) in [7, 11) is 1.49. The molecule has 1 saturated carbocycles. The number of imide groups is 1. The minimum Gasteiger partial charge on any atom is -0.495 e. The van der Waals surface area contributed by atoms with Gasteiger partial charge in [0.15, 0.2) is 0 Å². The molecule has 1 atom stereocenters. The van der Waals surface area contributed by atoms with E-state index in [9.17, 15) is 19.2 Å². The summed E-state index contributed by atoms with van der Waals surface area (Å²) in [5.74, 6) is -0.926. The van der Waals surface area contributed by atoms with E-state index in [1.165, 1.54) is 7.11 Å². The number of benzene rings is 2. The van der Waals surface area contributed by atoms with Crippen LogP contribution in [0.3, 0.4) is 0 Å². The third kappa shape index (κ3) is 5.19. The SMILES string of the molecule is COc1ccc(C)cc1NC(=O)C(OC(=O)CN1C(=O)NC2(CCC(C)CC2)C1=O)c1ccccc1. The number of carbonyl (C=O) groups excluding carboxylic acids is 4. The zero-order valence-electron chi connectivity index (χ0n) is 20.7. The van der Waals surface area contributed by atoms with Gasteiger partial charge < -0.3 is 20.1 Å². The number of rotatable bonds is 7. The van der Waals surface area contributed by atoms with Crippen molar-refractivity contribution in [3.63, 3.8) is 0 Å². The minimum absolute atomic E-state index is 0.415. The van der Waals surface area contributed by atoms with Gasteiger partial charge in [0, 0.05) is 5.56 Å². The summed E-state index contributed by atoms with van der Waals surface area (Å²) < 4.78 is 10.9. The monoisotopic (exact) mass is 493 g/mol. The molecule has 0 aromatic heterocycles. The lowest BCUT2D eigenvalue weighted by molar-refractivity contribution is -0.156. The van der Waals surface area contributed by atoms with Gasteiger partial charge in [0.05, 0.1) is 12.8 Å². The van der Waals surface area contributed by atoms with Crippen molar-refractivity contribution in [1.82, 2.24) is 10.2 Å². The normalized spacial score (nSPS) is 22.2. The topological polar surface area (TPSA) is 114 Å². The summed E-state index contributed by atoms with van der Waals surface area (Å²) >= 11 is 0. The number of urea groups is 1. The van der Waals surface area contributed by atoms with Crippen molar-refractivity contribution >= 4 is 29.5 Å². The molecule has 9 nitrogen and oxygen atoms in total. The van der Waals surface area contributed by atoms with Gasteiger partial charge in [-0.25, -0.2) is 4.79 Å². The lowest BCUT2D eigenvalue weighted by Crippen LogP contribution is -2.49. The largest absolute Gasteiger partial charge is 0.495 e. The maximum Gasteiger partial charge on any atom is 0.327 e. The molecule has 2 N–H and O–H groups in total. The number of esters is 1. The van der Waals surface area contributed by atoms with Crippen LogP contribution >= 0.6 is 0 Å². The molecular weight excluding hydrogens is 462 g/mol. The summed E-state index contributed by atoms with van der Waals surface area (Å²) in [5, 5.41) is 5.56. The Morgan fingerprint density at radius 3 is 2.50 bits per heavy atom. The van der Waals surface area contributed by atoms with E-state index in [2.05, 4.69) is 17.6 Å². The first kappa shape index (κ1) is 25.2. The molecule has 1 heterocycles. The summed E-state index contributed by atoms with van der Waals surface area (Å²) in [6.45, 7) is 3.42. The highest BCUT2D eigenvalue weighted by atomic mass is 16.5. The van der Waals surface area contributed by atoms with Crippen LogP contribution in [0.2, 0.25) is 0 Å². The molecule has 0 radical (unpaired) electrons. The first-order valence-corrected chi connectivity index (χ1v) is 12.1. The highest BCUT2D eigenvalue weighted by Gasteiger charge is 2.52.